The van der Waals surface area contributed by atoms with Crippen LogP contribution in [-0.2, 0) is 14.4 Å². The minimum Gasteiger partial charge on any atom is -0.370 e. The van der Waals surface area contributed by atoms with Crippen LogP contribution in [0.4, 0.5) is 0 Å². The number of unbranched alkanes of at least 4 members (excludes halogenated alkanes) is 1. The fraction of sp³-hybridized carbons (Fsp3) is 0.733. The molecule has 9 nitrogen and oxygen atoms in total. The Hall–Kier alpha value is -2.16. The van der Waals surface area contributed by atoms with E-state index in [4.69, 9.17) is 17.2 Å². The van der Waals surface area contributed by atoms with Crippen LogP contribution in [0.2, 0.25) is 0 Å². The van der Waals surface area contributed by atoms with Crippen molar-refractivity contribution < 1.29 is 14.4 Å². The van der Waals surface area contributed by atoms with Gasteiger partial charge in [0.05, 0.1) is 11.8 Å². The SMILES string of the molecule is CCCCN1CC2C(=O)NC(=O)C2C1(CCCN=C(N)N)C(N)=O. The summed E-state index contributed by atoms with van der Waals surface area (Å²) in [5, 5.41) is 2.33. The molecule has 0 aliphatic carbocycles. The first kappa shape index (κ1) is 18.2. The number of rotatable bonds is 8. The number of primary amides is 1. The summed E-state index contributed by atoms with van der Waals surface area (Å²) in [5.41, 5.74) is 15.2. The third-order valence-electron chi connectivity index (χ3n) is 4.98. The van der Waals surface area contributed by atoms with Crippen LogP contribution >= 0.6 is 0 Å². The van der Waals surface area contributed by atoms with Crippen molar-refractivity contribution in [2.75, 3.05) is 19.6 Å². The zero-order valence-corrected chi connectivity index (χ0v) is 14.0. The standard InChI is InChI=1S/C15H26N6O3/c1-2-3-7-21-8-9-10(12(23)20-11(9)22)15(21,13(16)24)5-4-6-19-14(17)18/h9-10H,2-8H2,1H3,(H2,16,24)(H4,17,18,19)(H,20,22,23). The average molecular weight is 338 g/mol. The van der Waals surface area contributed by atoms with Gasteiger partial charge in [-0.3, -0.25) is 29.6 Å². The summed E-state index contributed by atoms with van der Waals surface area (Å²) in [6.07, 6.45) is 2.63. The van der Waals surface area contributed by atoms with Crippen LogP contribution in [0, 0.1) is 11.8 Å². The lowest BCUT2D eigenvalue weighted by Gasteiger charge is -2.38. The maximum absolute atomic E-state index is 12.4. The molecule has 24 heavy (non-hydrogen) atoms. The Kier molecular flexibility index (Phi) is 5.43. The van der Waals surface area contributed by atoms with Crippen molar-refractivity contribution in [2.45, 2.75) is 38.1 Å². The first-order chi connectivity index (χ1) is 11.3. The van der Waals surface area contributed by atoms with Gasteiger partial charge in [-0.15, -0.1) is 0 Å². The summed E-state index contributed by atoms with van der Waals surface area (Å²) in [6.45, 7) is 3.37. The zero-order valence-electron chi connectivity index (χ0n) is 14.0. The molecule has 2 aliphatic heterocycles. The quantitative estimate of drug-likeness (QED) is 0.178. The first-order valence-electron chi connectivity index (χ1n) is 8.29. The number of imide groups is 1. The maximum Gasteiger partial charge on any atom is 0.238 e. The van der Waals surface area contributed by atoms with E-state index in [0.717, 1.165) is 12.8 Å². The molecule has 2 aliphatic rings. The highest BCUT2D eigenvalue weighted by Crippen LogP contribution is 2.45. The van der Waals surface area contributed by atoms with E-state index >= 15 is 0 Å². The lowest BCUT2D eigenvalue weighted by Crippen LogP contribution is -2.60. The highest BCUT2D eigenvalue weighted by Gasteiger charge is 2.64. The Morgan fingerprint density at radius 3 is 2.58 bits per heavy atom. The van der Waals surface area contributed by atoms with Crippen LogP contribution in [0.1, 0.15) is 32.6 Å². The van der Waals surface area contributed by atoms with Crippen LogP contribution in [0.15, 0.2) is 4.99 Å². The lowest BCUT2D eigenvalue weighted by molar-refractivity contribution is -0.138. The van der Waals surface area contributed by atoms with Crippen molar-refractivity contribution in [3.8, 4) is 0 Å². The third-order valence-corrected chi connectivity index (χ3v) is 4.98. The number of aliphatic imine (C=N–C) groups is 1. The van der Waals surface area contributed by atoms with Crippen molar-refractivity contribution in [3.63, 3.8) is 0 Å². The topological polar surface area (TPSA) is 157 Å². The van der Waals surface area contributed by atoms with Crippen molar-refractivity contribution in [1.29, 1.82) is 0 Å². The molecule has 3 atom stereocenters. The molecule has 3 amide bonds. The van der Waals surface area contributed by atoms with Crippen LogP contribution in [0.5, 0.6) is 0 Å². The van der Waals surface area contributed by atoms with E-state index in [2.05, 4.69) is 10.3 Å². The van der Waals surface area contributed by atoms with Crippen molar-refractivity contribution in [2.24, 2.45) is 34.0 Å². The zero-order chi connectivity index (χ0) is 17.9. The molecule has 0 bridgehead atoms. The van der Waals surface area contributed by atoms with E-state index in [1.807, 2.05) is 11.8 Å². The Balaban J connectivity index is 2.30. The number of amides is 3. The van der Waals surface area contributed by atoms with Gasteiger partial charge in [0, 0.05) is 13.1 Å². The van der Waals surface area contributed by atoms with Gasteiger partial charge in [-0.2, -0.15) is 0 Å². The monoisotopic (exact) mass is 338 g/mol. The smallest absolute Gasteiger partial charge is 0.238 e. The molecule has 0 aromatic heterocycles. The number of likely N-dealkylation sites (tertiary alicyclic amines) is 1. The number of hydrogen-bond acceptors (Lipinski definition) is 5. The third kappa shape index (κ3) is 3.08. The van der Waals surface area contributed by atoms with Crippen LogP contribution in [-0.4, -0.2) is 53.8 Å². The molecule has 9 heteroatoms. The summed E-state index contributed by atoms with van der Waals surface area (Å²) in [6, 6.07) is 0. The summed E-state index contributed by atoms with van der Waals surface area (Å²) in [4.78, 5) is 42.6. The van der Waals surface area contributed by atoms with Crippen LogP contribution in [0.25, 0.3) is 0 Å². The van der Waals surface area contributed by atoms with Crippen molar-refractivity contribution >= 4 is 23.7 Å². The predicted molar refractivity (Wildman–Crippen MR) is 88.4 cm³/mol. The van der Waals surface area contributed by atoms with Gasteiger partial charge in [-0.1, -0.05) is 13.3 Å². The second-order valence-electron chi connectivity index (χ2n) is 6.44. The molecule has 134 valence electrons. The Morgan fingerprint density at radius 2 is 2.00 bits per heavy atom. The number of guanidine groups is 1. The molecule has 0 radical (unpaired) electrons. The molecule has 2 rings (SSSR count). The predicted octanol–water partition coefficient (Wildman–Crippen LogP) is -1.73. The van der Waals surface area contributed by atoms with E-state index in [0.29, 0.717) is 32.5 Å². The second-order valence-corrected chi connectivity index (χ2v) is 6.44. The fourth-order valence-electron chi connectivity index (χ4n) is 3.90. The van der Waals surface area contributed by atoms with Gasteiger partial charge in [-0.05, 0) is 25.8 Å². The molecular weight excluding hydrogens is 312 g/mol. The number of carbonyl (C=O) groups is 3. The number of fused-ring (bicyclic) bond motifs is 1. The van der Waals surface area contributed by atoms with Crippen molar-refractivity contribution in [1.82, 2.24) is 10.2 Å². The van der Waals surface area contributed by atoms with E-state index in [1.54, 1.807) is 0 Å². The lowest BCUT2D eigenvalue weighted by atomic mass is 9.77. The van der Waals surface area contributed by atoms with Gasteiger partial charge < -0.3 is 17.2 Å². The highest BCUT2D eigenvalue weighted by molar-refractivity contribution is 6.09. The van der Waals surface area contributed by atoms with E-state index in [9.17, 15) is 14.4 Å². The highest BCUT2D eigenvalue weighted by atomic mass is 16.2. The van der Waals surface area contributed by atoms with E-state index in [-0.39, 0.29) is 11.9 Å². The molecule has 0 aromatic rings. The molecule has 7 N–H and O–H groups in total. The van der Waals surface area contributed by atoms with Gasteiger partial charge in [0.25, 0.3) is 0 Å². The number of nitrogens with two attached hydrogens (primary N) is 3. The van der Waals surface area contributed by atoms with Gasteiger partial charge in [0.2, 0.25) is 17.7 Å². The van der Waals surface area contributed by atoms with Gasteiger partial charge in [0.15, 0.2) is 5.96 Å². The molecular formula is C15H26N6O3. The number of nitrogens with zero attached hydrogens (tertiary/aromatic N) is 2. The normalized spacial score (nSPS) is 29.4. The fourth-order valence-corrected chi connectivity index (χ4v) is 3.90. The van der Waals surface area contributed by atoms with Gasteiger partial charge in [0.1, 0.15) is 5.54 Å². The Labute approximate surface area is 141 Å². The second kappa shape index (κ2) is 7.16. The molecule has 3 unspecified atom stereocenters. The number of hydrogen-bond donors (Lipinski definition) is 4. The molecule has 2 heterocycles. The molecule has 0 spiro atoms. The average Bonchev–Trinajstić information content (AvgIpc) is 2.98. The van der Waals surface area contributed by atoms with E-state index in [1.165, 1.54) is 0 Å². The minimum absolute atomic E-state index is 0.0240. The Morgan fingerprint density at radius 1 is 1.29 bits per heavy atom. The number of carbonyl (C=O) groups excluding carboxylic acids is 3. The maximum atomic E-state index is 12.4. The van der Waals surface area contributed by atoms with Crippen molar-refractivity contribution in [3.05, 3.63) is 0 Å². The molecule has 0 saturated carbocycles. The van der Waals surface area contributed by atoms with E-state index < -0.39 is 29.2 Å². The van der Waals surface area contributed by atoms with Gasteiger partial charge in [-0.25, -0.2) is 0 Å². The van der Waals surface area contributed by atoms with Crippen LogP contribution < -0.4 is 22.5 Å². The van der Waals surface area contributed by atoms with Crippen LogP contribution in [0.3, 0.4) is 0 Å². The summed E-state index contributed by atoms with van der Waals surface area (Å²) in [7, 11) is 0. The molecule has 2 saturated heterocycles. The number of nitrogens with one attached hydrogen (secondary N) is 1. The van der Waals surface area contributed by atoms with Gasteiger partial charge >= 0.3 is 0 Å². The summed E-state index contributed by atoms with van der Waals surface area (Å²) < 4.78 is 0. The first-order valence-corrected chi connectivity index (χ1v) is 8.29. The summed E-state index contributed by atoms with van der Waals surface area (Å²) >= 11 is 0. The molecule has 2 fully saturated rings. The summed E-state index contributed by atoms with van der Waals surface area (Å²) in [5.74, 6) is -2.59. The molecule has 0 aromatic carbocycles. The Bertz CT molecular complexity index is 559. The largest absolute Gasteiger partial charge is 0.370 e. The minimum atomic E-state index is -1.16.